The van der Waals surface area contributed by atoms with Gasteiger partial charge in [-0.3, -0.25) is 4.98 Å². The molecule has 0 saturated carbocycles. The molecule has 1 aromatic heterocycles. The molecule has 1 aliphatic rings. The van der Waals surface area contributed by atoms with E-state index in [-0.39, 0.29) is 12.1 Å². The molecule has 70 valence electrons. The maximum absolute atomic E-state index is 5.93. The van der Waals surface area contributed by atoms with Gasteiger partial charge in [0.05, 0.1) is 6.10 Å². The van der Waals surface area contributed by atoms with Crippen molar-refractivity contribution in [3.8, 4) is 0 Å². The number of hydrogen-bond donors (Lipinski definition) is 1. The van der Waals surface area contributed by atoms with Gasteiger partial charge in [-0.15, -0.1) is 0 Å². The van der Waals surface area contributed by atoms with Gasteiger partial charge in [-0.2, -0.15) is 0 Å². The van der Waals surface area contributed by atoms with E-state index < -0.39 is 0 Å². The molecule has 2 rings (SSSR count). The molecule has 0 radical (unpaired) electrons. The summed E-state index contributed by atoms with van der Waals surface area (Å²) < 4.78 is 5.57. The van der Waals surface area contributed by atoms with Crippen LogP contribution in [0.2, 0.25) is 0 Å². The highest BCUT2D eigenvalue weighted by molar-refractivity contribution is 5.23. The second-order valence-electron chi connectivity index (χ2n) is 3.42. The predicted octanol–water partition coefficient (Wildman–Crippen LogP) is 1.18. The van der Waals surface area contributed by atoms with Crippen LogP contribution in [0.5, 0.6) is 0 Å². The topological polar surface area (TPSA) is 48.1 Å². The van der Waals surface area contributed by atoms with Crippen LogP contribution >= 0.6 is 0 Å². The van der Waals surface area contributed by atoms with Crippen molar-refractivity contribution in [3.05, 3.63) is 29.6 Å². The second-order valence-corrected chi connectivity index (χ2v) is 3.42. The molecule has 0 spiro atoms. The molecule has 0 aromatic carbocycles. The minimum Gasteiger partial charge on any atom is -0.372 e. The van der Waals surface area contributed by atoms with Crippen molar-refractivity contribution in [2.75, 3.05) is 6.61 Å². The first-order valence-corrected chi connectivity index (χ1v) is 4.58. The van der Waals surface area contributed by atoms with Gasteiger partial charge >= 0.3 is 0 Å². The molecule has 3 heteroatoms. The van der Waals surface area contributed by atoms with Gasteiger partial charge in [0.1, 0.15) is 0 Å². The first kappa shape index (κ1) is 8.66. The summed E-state index contributed by atoms with van der Waals surface area (Å²) >= 11 is 0. The van der Waals surface area contributed by atoms with Crippen LogP contribution in [0.3, 0.4) is 0 Å². The van der Waals surface area contributed by atoms with Crippen LogP contribution in [0.15, 0.2) is 18.3 Å². The fourth-order valence-electron chi connectivity index (χ4n) is 1.72. The Labute approximate surface area is 77.9 Å². The largest absolute Gasteiger partial charge is 0.372 e. The summed E-state index contributed by atoms with van der Waals surface area (Å²) in [6.07, 6.45) is 2.78. The van der Waals surface area contributed by atoms with Crippen LogP contribution in [0, 0.1) is 6.92 Å². The van der Waals surface area contributed by atoms with Crippen LogP contribution < -0.4 is 5.73 Å². The van der Waals surface area contributed by atoms with Gasteiger partial charge in [0.25, 0.3) is 0 Å². The number of aryl methyl sites for hydroxylation is 1. The van der Waals surface area contributed by atoms with Gasteiger partial charge in [0.2, 0.25) is 0 Å². The number of ether oxygens (including phenoxy) is 1. The van der Waals surface area contributed by atoms with Gasteiger partial charge < -0.3 is 10.5 Å². The molecule has 0 bridgehead atoms. The molecule has 2 heterocycles. The van der Waals surface area contributed by atoms with Gasteiger partial charge in [-0.1, -0.05) is 6.07 Å². The summed E-state index contributed by atoms with van der Waals surface area (Å²) in [5, 5.41) is 0. The van der Waals surface area contributed by atoms with E-state index in [1.807, 2.05) is 19.1 Å². The van der Waals surface area contributed by atoms with E-state index in [9.17, 15) is 0 Å². The maximum Gasteiger partial charge on any atom is 0.0993 e. The standard InChI is InChI=1S/C10H14N2O/c1-7-8(3-2-5-12-7)10-9(11)4-6-13-10/h2-3,5,9-10H,4,6,11H2,1H3/t9-,10+/m0/s1. The molecule has 1 fully saturated rings. The fourth-order valence-corrected chi connectivity index (χ4v) is 1.72. The SMILES string of the molecule is Cc1ncccc1[C@H]1OCC[C@@H]1N. The van der Waals surface area contributed by atoms with Crippen molar-refractivity contribution >= 4 is 0 Å². The number of hydrogen-bond acceptors (Lipinski definition) is 3. The van der Waals surface area contributed by atoms with Gasteiger partial charge in [-0.05, 0) is 19.4 Å². The van der Waals surface area contributed by atoms with Crippen molar-refractivity contribution in [2.45, 2.75) is 25.5 Å². The highest BCUT2D eigenvalue weighted by Gasteiger charge is 2.27. The summed E-state index contributed by atoms with van der Waals surface area (Å²) in [7, 11) is 0. The molecule has 0 amide bonds. The normalized spacial score (nSPS) is 27.8. The lowest BCUT2D eigenvalue weighted by Gasteiger charge is -2.16. The number of pyridine rings is 1. The summed E-state index contributed by atoms with van der Waals surface area (Å²) in [5.74, 6) is 0. The average molecular weight is 178 g/mol. The van der Waals surface area contributed by atoms with Crippen molar-refractivity contribution in [2.24, 2.45) is 5.73 Å². The van der Waals surface area contributed by atoms with Crippen LogP contribution in [0.25, 0.3) is 0 Å². The van der Waals surface area contributed by atoms with E-state index in [0.29, 0.717) is 0 Å². The zero-order valence-electron chi connectivity index (χ0n) is 7.73. The molecular weight excluding hydrogens is 164 g/mol. The predicted molar refractivity (Wildman–Crippen MR) is 50.3 cm³/mol. The Morgan fingerprint density at radius 2 is 2.46 bits per heavy atom. The molecule has 2 atom stereocenters. The molecule has 1 aromatic rings. The van der Waals surface area contributed by atoms with Crippen LogP contribution in [-0.4, -0.2) is 17.6 Å². The Bertz CT molecular complexity index is 301. The van der Waals surface area contributed by atoms with Crippen molar-refractivity contribution in [3.63, 3.8) is 0 Å². The molecule has 1 aliphatic heterocycles. The molecule has 13 heavy (non-hydrogen) atoms. The third-order valence-electron chi connectivity index (χ3n) is 2.49. The van der Waals surface area contributed by atoms with E-state index in [1.54, 1.807) is 6.20 Å². The Hall–Kier alpha value is -0.930. The Morgan fingerprint density at radius 1 is 1.62 bits per heavy atom. The Kier molecular flexibility index (Phi) is 2.29. The molecule has 3 nitrogen and oxygen atoms in total. The minimum absolute atomic E-state index is 0.0497. The monoisotopic (exact) mass is 178 g/mol. The maximum atomic E-state index is 5.93. The van der Waals surface area contributed by atoms with Gasteiger partial charge in [0, 0.05) is 30.1 Å². The zero-order valence-corrected chi connectivity index (χ0v) is 7.73. The number of aromatic nitrogens is 1. The van der Waals surface area contributed by atoms with E-state index >= 15 is 0 Å². The fraction of sp³-hybridized carbons (Fsp3) is 0.500. The lowest BCUT2D eigenvalue weighted by molar-refractivity contribution is 0.104. The van der Waals surface area contributed by atoms with Crippen molar-refractivity contribution in [1.29, 1.82) is 0 Å². The quantitative estimate of drug-likeness (QED) is 0.702. The molecular formula is C10H14N2O. The number of nitrogens with zero attached hydrogens (tertiary/aromatic N) is 1. The van der Waals surface area contributed by atoms with Crippen molar-refractivity contribution in [1.82, 2.24) is 4.98 Å². The van der Waals surface area contributed by atoms with Crippen LogP contribution in [0.1, 0.15) is 23.8 Å². The molecule has 2 N–H and O–H groups in total. The highest BCUT2D eigenvalue weighted by atomic mass is 16.5. The summed E-state index contributed by atoms with van der Waals surface area (Å²) in [6, 6.07) is 4.09. The lowest BCUT2D eigenvalue weighted by Crippen LogP contribution is -2.24. The third-order valence-corrected chi connectivity index (χ3v) is 2.49. The first-order chi connectivity index (χ1) is 6.29. The first-order valence-electron chi connectivity index (χ1n) is 4.58. The molecule has 0 unspecified atom stereocenters. The number of nitrogens with two attached hydrogens (primary N) is 1. The Balaban J connectivity index is 2.29. The van der Waals surface area contributed by atoms with Crippen molar-refractivity contribution < 1.29 is 4.74 Å². The average Bonchev–Trinajstić information content (AvgIpc) is 2.52. The molecule has 0 aliphatic carbocycles. The van der Waals surface area contributed by atoms with Gasteiger partial charge in [0.15, 0.2) is 0 Å². The zero-order chi connectivity index (χ0) is 9.26. The summed E-state index contributed by atoms with van der Waals surface area (Å²) in [6.45, 7) is 2.75. The number of rotatable bonds is 1. The van der Waals surface area contributed by atoms with Crippen LogP contribution in [0.4, 0.5) is 0 Å². The lowest BCUT2D eigenvalue weighted by atomic mass is 10.0. The summed E-state index contributed by atoms with van der Waals surface area (Å²) in [5.41, 5.74) is 8.08. The summed E-state index contributed by atoms with van der Waals surface area (Å²) in [4.78, 5) is 4.22. The van der Waals surface area contributed by atoms with E-state index in [1.165, 1.54) is 0 Å². The molecule has 1 saturated heterocycles. The highest BCUT2D eigenvalue weighted by Crippen LogP contribution is 2.28. The smallest absolute Gasteiger partial charge is 0.0993 e. The minimum atomic E-state index is 0.0497. The Morgan fingerprint density at radius 3 is 3.08 bits per heavy atom. The third kappa shape index (κ3) is 1.57. The van der Waals surface area contributed by atoms with Gasteiger partial charge in [-0.25, -0.2) is 0 Å². The van der Waals surface area contributed by atoms with E-state index in [4.69, 9.17) is 10.5 Å². The van der Waals surface area contributed by atoms with E-state index in [0.717, 1.165) is 24.3 Å². The van der Waals surface area contributed by atoms with E-state index in [2.05, 4.69) is 4.98 Å². The van der Waals surface area contributed by atoms with Crippen LogP contribution in [-0.2, 0) is 4.74 Å². The second kappa shape index (κ2) is 3.44.